The number of hydrogen-bond acceptors (Lipinski definition) is 3. The lowest BCUT2D eigenvalue weighted by Crippen LogP contribution is -1.98. The highest BCUT2D eigenvalue weighted by molar-refractivity contribution is 5.98. The van der Waals surface area contributed by atoms with Gasteiger partial charge in [-0.3, -0.25) is 0 Å². The van der Waals surface area contributed by atoms with E-state index < -0.39 is 0 Å². The van der Waals surface area contributed by atoms with E-state index in [-0.39, 0.29) is 0 Å². The maximum Gasteiger partial charge on any atom is 0.153 e. The van der Waals surface area contributed by atoms with E-state index in [2.05, 4.69) is 15.3 Å². The number of H-pyrrole nitrogens is 1. The summed E-state index contributed by atoms with van der Waals surface area (Å²) < 4.78 is 0. The van der Waals surface area contributed by atoms with Gasteiger partial charge >= 0.3 is 0 Å². The molecule has 0 amide bonds. The van der Waals surface area contributed by atoms with Crippen molar-refractivity contribution in [2.24, 2.45) is 0 Å². The number of nitrogens with one attached hydrogen (secondary N) is 3. The Morgan fingerprint density at radius 3 is 2.64 bits per heavy atom. The van der Waals surface area contributed by atoms with Crippen LogP contribution in [-0.2, 0) is 0 Å². The quantitative estimate of drug-likeness (QED) is 0.556. The molecule has 60 valence electrons. The van der Waals surface area contributed by atoms with E-state index in [4.69, 9.17) is 5.41 Å². The Morgan fingerprint density at radius 2 is 2.27 bits per heavy atom. The highest BCUT2D eigenvalue weighted by Crippen LogP contribution is 2.10. The monoisotopic (exact) mass is 152 g/mol. The van der Waals surface area contributed by atoms with Crippen LogP contribution in [-0.4, -0.2) is 22.7 Å². The molecule has 4 heteroatoms. The van der Waals surface area contributed by atoms with Gasteiger partial charge in [0.15, 0.2) is 5.82 Å². The predicted molar refractivity (Wildman–Crippen MR) is 45.4 cm³/mol. The summed E-state index contributed by atoms with van der Waals surface area (Å²) in [5.41, 5.74) is 1.26. The zero-order valence-corrected chi connectivity index (χ0v) is 6.95. The third kappa shape index (κ3) is 1.39. The van der Waals surface area contributed by atoms with Gasteiger partial charge in [-0.25, -0.2) is 4.98 Å². The Balaban J connectivity index is 3.12. The summed E-state index contributed by atoms with van der Waals surface area (Å²) in [5.74, 6) is 1.57. The number of anilines is 1. The summed E-state index contributed by atoms with van der Waals surface area (Å²) in [5, 5.41) is 10.3. The van der Waals surface area contributed by atoms with Crippen molar-refractivity contribution in [3.05, 3.63) is 11.5 Å². The Labute approximate surface area is 65.6 Å². The molecular formula is C7H12N4. The van der Waals surface area contributed by atoms with Crippen LogP contribution in [0.25, 0.3) is 0 Å². The molecule has 0 saturated heterocycles. The second-order valence-electron chi connectivity index (χ2n) is 2.42. The molecule has 0 spiro atoms. The van der Waals surface area contributed by atoms with Crippen LogP contribution >= 0.6 is 0 Å². The van der Waals surface area contributed by atoms with Gasteiger partial charge in [-0.1, -0.05) is 0 Å². The number of nitrogens with zero attached hydrogens (tertiary/aromatic N) is 1. The molecule has 3 N–H and O–H groups in total. The predicted octanol–water partition coefficient (Wildman–Crippen LogP) is 1.15. The molecule has 0 radical (unpaired) electrons. The Morgan fingerprint density at radius 1 is 1.64 bits per heavy atom. The molecule has 0 saturated carbocycles. The van der Waals surface area contributed by atoms with Gasteiger partial charge in [-0.2, -0.15) is 0 Å². The number of aromatic nitrogens is 2. The van der Waals surface area contributed by atoms with Crippen LogP contribution in [0.15, 0.2) is 0 Å². The van der Waals surface area contributed by atoms with Crippen molar-refractivity contribution in [2.45, 2.75) is 13.8 Å². The average Bonchev–Trinajstić information content (AvgIpc) is 2.30. The van der Waals surface area contributed by atoms with Gasteiger partial charge in [0.05, 0.1) is 5.71 Å². The first-order chi connectivity index (χ1) is 5.15. The minimum absolute atomic E-state index is 0.495. The van der Waals surface area contributed by atoms with E-state index in [0.29, 0.717) is 5.71 Å². The molecule has 0 unspecified atom stereocenters. The minimum Gasteiger partial charge on any atom is -0.371 e. The van der Waals surface area contributed by atoms with E-state index in [1.807, 2.05) is 6.92 Å². The van der Waals surface area contributed by atoms with Crippen molar-refractivity contribution in [2.75, 3.05) is 12.4 Å². The van der Waals surface area contributed by atoms with Crippen LogP contribution in [0, 0.1) is 12.3 Å². The lowest BCUT2D eigenvalue weighted by atomic mass is 10.3. The van der Waals surface area contributed by atoms with Crippen LogP contribution < -0.4 is 5.32 Å². The maximum absolute atomic E-state index is 7.38. The summed E-state index contributed by atoms with van der Waals surface area (Å²) in [4.78, 5) is 7.14. The van der Waals surface area contributed by atoms with Crippen molar-refractivity contribution in [1.82, 2.24) is 9.97 Å². The lowest BCUT2D eigenvalue weighted by Gasteiger charge is -1.96. The molecule has 0 fully saturated rings. The van der Waals surface area contributed by atoms with Crippen LogP contribution in [0.4, 0.5) is 5.82 Å². The molecule has 1 aromatic rings. The third-order valence-electron chi connectivity index (χ3n) is 1.43. The first kappa shape index (κ1) is 7.78. The fourth-order valence-electron chi connectivity index (χ4n) is 0.944. The number of aromatic amines is 1. The van der Waals surface area contributed by atoms with Gasteiger partial charge in [0.2, 0.25) is 0 Å². The third-order valence-corrected chi connectivity index (χ3v) is 1.43. The number of rotatable bonds is 2. The van der Waals surface area contributed by atoms with Gasteiger partial charge in [0.1, 0.15) is 11.5 Å². The van der Waals surface area contributed by atoms with Crippen molar-refractivity contribution in [3.8, 4) is 0 Å². The Hall–Kier alpha value is -1.32. The maximum atomic E-state index is 7.38. The first-order valence-corrected chi connectivity index (χ1v) is 3.45. The molecule has 1 heterocycles. The normalized spacial score (nSPS) is 9.73. The minimum atomic E-state index is 0.495. The highest BCUT2D eigenvalue weighted by atomic mass is 15.1. The van der Waals surface area contributed by atoms with Crippen molar-refractivity contribution in [1.29, 1.82) is 5.41 Å². The molecule has 1 aromatic heterocycles. The molecular weight excluding hydrogens is 140 g/mol. The topological polar surface area (TPSA) is 64.6 Å². The molecule has 0 atom stereocenters. The number of aryl methyl sites for hydroxylation is 1. The summed E-state index contributed by atoms with van der Waals surface area (Å²) in [6, 6.07) is 0. The molecule has 0 aliphatic heterocycles. The van der Waals surface area contributed by atoms with Gasteiger partial charge in [0.25, 0.3) is 0 Å². The largest absolute Gasteiger partial charge is 0.371 e. The lowest BCUT2D eigenvalue weighted by molar-refractivity contribution is 1.14. The second-order valence-corrected chi connectivity index (χ2v) is 2.42. The summed E-state index contributed by atoms with van der Waals surface area (Å²) in [7, 11) is 1.79. The van der Waals surface area contributed by atoms with Crippen molar-refractivity contribution >= 4 is 11.5 Å². The standard InChI is InChI=1S/C7H12N4/c1-4(8)6-7(9-3)11-5(2)10-6/h8-9H,1-3H3,(H,10,11). The summed E-state index contributed by atoms with van der Waals surface area (Å²) in [6.07, 6.45) is 0. The van der Waals surface area contributed by atoms with Crippen LogP contribution in [0.5, 0.6) is 0 Å². The zero-order chi connectivity index (χ0) is 8.43. The highest BCUT2D eigenvalue weighted by Gasteiger charge is 2.06. The Bertz CT molecular complexity index is 274. The van der Waals surface area contributed by atoms with Crippen LogP contribution in [0.3, 0.4) is 0 Å². The zero-order valence-electron chi connectivity index (χ0n) is 6.95. The second kappa shape index (κ2) is 2.74. The fraction of sp³-hybridized carbons (Fsp3) is 0.429. The molecule has 0 aromatic carbocycles. The van der Waals surface area contributed by atoms with Crippen molar-refractivity contribution < 1.29 is 0 Å². The van der Waals surface area contributed by atoms with E-state index in [9.17, 15) is 0 Å². The smallest absolute Gasteiger partial charge is 0.153 e. The number of imidazole rings is 1. The first-order valence-electron chi connectivity index (χ1n) is 3.45. The average molecular weight is 152 g/mol. The molecule has 0 bridgehead atoms. The molecule has 1 rings (SSSR count). The fourth-order valence-corrected chi connectivity index (χ4v) is 0.944. The number of hydrogen-bond donors (Lipinski definition) is 3. The van der Waals surface area contributed by atoms with Gasteiger partial charge in [-0.05, 0) is 13.8 Å². The molecule has 0 aliphatic rings. The van der Waals surface area contributed by atoms with E-state index in [1.165, 1.54) is 0 Å². The summed E-state index contributed by atoms with van der Waals surface area (Å²) in [6.45, 7) is 3.60. The van der Waals surface area contributed by atoms with Gasteiger partial charge < -0.3 is 15.7 Å². The molecule has 4 nitrogen and oxygen atoms in total. The van der Waals surface area contributed by atoms with Crippen LogP contribution in [0.2, 0.25) is 0 Å². The SMILES string of the molecule is CNc1nc(C)[nH]c1C(C)=N. The van der Waals surface area contributed by atoms with Crippen molar-refractivity contribution in [3.63, 3.8) is 0 Å². The molecule has 11 heavy (non-hydrogen) atoms. The van der Waals surface area contributed by atoms with Crippen LogP contribution in [0.1, 0.15) is 18.4 Å². The van der Waals surface area contributed by atoms with E-state index >= 15 is 0 Å². The van der Waals surface area contributed by atoms with Gasteiger partial charge in [-0.15, -0.1) is 0 Å². The van der Waals surface area contributed by atoms with Gasteiger partial charge in [0, 0.05) is 7.05 Å². The molecule has 0 aliphatic carbocycles. The van der Waals surface area contributed by atoms with E-state index in [1.54, 1.807) is 14.0 Å². The Kier molecular flexibility index (Phi) is 1.94. The summed E-state index contributed by atoms with van der Waals surface area (Å²) >= 11 is 0. The van der Waals surface area contributed by atoms with E-state index in [0.717, 1.165) is 17.3 Å².